The van der Waals surface area contributed by atoms with Gasteiger partial charge in [0.15, 0.2) is 5.78 Å². The van der Waals surface area contributed by atoms with Crippen molar-refractivity contribution >= 4 is 5.78 Å². The van der Waals surface area contributed by atoms with Crippen LogP contribution in [0, 0.1) is 28.6 Å². The molecule has 2 fully saturated rings. The van der Waals surface area contributed by atoms with Gasteiger partial charge in [-0.2, -0.15) is 0 Å². The van der Waals surface area contributed by atoms with Crippen LogP contribution in [-0.2, 0) is 4.79 Å². The third-order valence-electron chi connectivity index (χ3n) is 7.30. The number of carbonyl (C=O) groups excluding carboxylic acids is 1. The Kier molecular flexibility index (Phi) is 2.83. The van der Waals surface area contributed by atoms with Crippen LogP contribution in [0.4, 0.5) is 0 Å². The molecule has 2 saturated carbocycles. The predicted octanol–water partition coefficient (Wildman–Crippen LogP) is 3.66. The zero-order valence-corrected chi connectivity index (χ0v) is 13.1. The van der Waals surface area contributed by atoms with Crippen molar-refractivity contribution in [3.05, 3.63) is 23.8 Å². The normalized spacial score (nSPS) is 52.0. The molecule has 21 heavy (non-hydrogen) atoms. The molecule has 4 rings (SSSR count). The lowest BCUT2D eigenvalue weighted by atomic mass is 9.47. The van der Waals surface area contributed by atoms with E-state index in [0.29, 0.717) is 29.6 Å². The lowest BCUT2D eigenvalue weighted by molar-refractivity contribution is -0.118. The SMILES string of the molecule is CC12C=CCC1C1C[C@@H](O)C3=CC(=O)CCC3(C)C1CC2. The Morgan fingerprint density at radius 2 is 2.05 bits per heavy atom. The van der Waals surface area contributed by atoms with Crippen molar-refractivity contribution in [2.24, 2.45) is 28.6 Å². The summed E-state index contributed by atoms with van der Waals surface area (Å²) in [4.78, 5) is 11.8. The number of ketones is 1. The molecule has 0 aromatic rings. The second-order valence-corrected chi connectivity index (χ2v) is 8.29. The van der Waals surface area contributed by atoms with Crippen molar-refractivity contribution in [3.63, 3.8) is 0 Å². The van der Waals surface area contributed by atoms with Gasteiger partial charge in [0.1, 0.15) is 0 Å². The molecule has 0 aromatic carbocycles. The number of aliphatic hydroxyl groups excluding tert-OH is 1. The monoisotopic (exact) mass is 286 g/mol. The minimum atomic E-state index is -0.400. The summed E-state index contributed by atoms with van der Waals surface area (Å²) in [6.45, 7) is 4.72. The van der Waals surface area contributed by atoms with Gasteiger partial charge in [-0.1, -0.05) is 26.0 Å². The van der Waals surface area contributed by atoms with E-state index in [9.17, 15) is 9.90 Å². The van der Waals surface area contributed by atoms with Crippen molar-refractivity contribution in [2.75, 3.05) is 0 Å². The summed E-state index contributed by atoms with van der Waals surface area (Å²) in [7, 11) is 0. The Bertz CT molecular complexity index is 546. The first kappa shape index (κ1) is 13.8. The molecule has 4 aliphatic rings. The summed E-state index contributed by atoms with van der Waals surface area (Å²) >= 11 is 0. The van der Waals surface area contributed by atoms with E-state index in [2.05, 4.69) is 26.0 Å². The van der Waals surface area contributed by atoms with Gasteiger partial charge in [0.05, 0.1) is 6.10 Å². The molecule has 2 heteroatoms. The van der Waals surface area contributed by atoms with Crippen molar-refractivity contribution in [1.29, 1.82) is 0 Å². The molecule has 0 heterocycles. The summed E-state index contributed by atoms with van der Waals surface area (Å²) in [5.74, 6) is 2.17. The van der Waals surface area contributed by atoms with Crippen LogP contribution in [0.5, 0.6) is 0 Å². The number of fused-ring (bicyclic) bond motifs is 5. The number of carbonyl (C=O) groups is 1. The van der Waals surface area contributed by atoms with Gasteiger partial charge >= 0.3 is 0 Å². The van der Waals surface area contributed by atoms with E-state index in [0.717, 1.165) is 18.4 Å². The molecule has 5 unspecified atom stereocenters. The van der Waals surface area contributed by atoms with Gasteiger partial charge in [0.2, 0.25) is 0 Å². The van der Waals surface area contributed by atoms with Crippen LogP contribution in [0.1, 0.15) is 52.4 Å². The standard InChI is InChI=1S/C19H26O2/c1-18-7-3-4-14(18)13-11-17(21)16-10-12(20)5-9-19(16,2)15(13)6-8-18/h3,7,10,13-15,17,21H,4-6,8-9,11H2,1-2H3/t13?,14?,15?,17-,18?,19?/m1/s1. The number of allylic oxidation sites excluding steroid dienone is 3. The van der Waals surface area contributed by atoms with E-state index in [1.165, 1.54) is 19.3 Å². The summed E-state index contributed by atoms with van der Waals surface area (Å²) in [5.41, 5.74) is 1.46. The van der Waals surface area contributed by atoms with Gasteiger partial charge in [0.25, 0.3) is 0 Å². The molecule has 1 N–H and O–H groups in total. The maximum Gasteiger partial charge on any atom is 0.155 e. The van der Waals surface area contributed by atoms with Crippen molar-refractivity contribution in [2.45, 2.75) is 58.5 Å². The molecule has 0 radical (unpaired) electrons. The zero-order valence-electron chi connectivity index (χ0n) is 13.1. The highest BCUT2D eigenvalue weighted by molar-refractivity contribution is 5.91. The summed E-state index contributed by atoms with van der Waals surface area (Å²) in [6, 6.07) is 0. The van der Waals surface area contributed by atoms with Crippen LogP contribution >= 0.6 is 0 Å². The molecule has 0 spiro atoms. The zero-order chi connectivity index (χ0) is 14.8. The topological polar surface area (TPSA) is 37.3 Å². The average Bonchev–Trinajstić information content (AvgIpc) is 2.83. The highest BCUT2D eigenvalue weighted by atomic mass is 16.3. The predicted molar refractivity (Wildman–Crippen MR) is 82.6 cm³/mol. The van der Waals surface area contributed by atoms with Crippen LogP contribution in [0.2, 0.25) is 0 Å². The Balaban J connectivity index is 1.74. The molecule has 6 atom stereocenters. The molecule has 0 saturated heterocycles. The Morgan fingerprint density at radius 1 is 1.24 bits per heavy atom. The molecular weight excluding hydrogens is 260 g/mol. The fraction of sp³-hybridized carbons (Fsp3) is 0.737. The van der Waals surface area contributed by atoms with E-state index in [-0.39, 0.29) is 11.2 Å². The van der Waals surface area contributed by atoms with E-state index in [1.54, 1.807) is 6.08 Å². The van der Waals surface area contributed by atoms with E-state index < -0.39 is 6.10 Å². The summed E-state index contributed by atoms with van der Waals surface area (Å²) in [6.07, 6.45) is 12.3. The van der Waals surface area contributed by atoms with Crippen molar-refractivity contribution in [1.82, 2.24) is 0 Å². The lowest BCUT2D eigenvalue weighted by Gasteiger charge is -2.58. The Morgan fingerprint density at radius 3 is 2.86 bits per heavy atom. The van der Waals surface area contributed by atoms with Crippen LogP contribution in [0.3, 0.4) is 0 Å². The first-order valence-corrected chi connectivity index (χ1v) is 8.55. The molecule has 2 nitrogen and oxygen atoms in total. The second-order valence-electron chi connectivity index (χ2n) is 8.29. The Hall–Kier alpha value is -0.890. The minimum absolute atomic E-state index is 0.0557. The van der Waals surface area contributed by atoms with E-state index in [1.807, 2.05) is 0 Å². The van der Waals surface area contributed by atoms with Crippen LogP contribution < -0.4 is 0 Å². The largest absolute Gasteiger partial charge is 0.389 e. The molecule has 114 valence electrons. The molecule has 0 amide bonds. The summed E-state index contributed by atoms with van der Waals surface area (Å²) < 4.78 is 0. The Labute approximate surface area is 127 Å². The lowest BCUT2D eigenvalue weighted by Crippen LogP contribution is -2.53. The molecular formula is C19H26O2. The molecule has 4 aliphatic carbocycles. The van der Waals surface area contributed by atoms with Gasteiger partial charge in [-0.05, 0) is 72.3 Å². The fourth-order valence-electron chi connectivity index (χ4n) is 6.09. The first-order valence-electron chi connectivity index (χ1n) is 8.55. The average molecular weight is 286 g/mol. The number of hydrogen-bond donors (Lipinski definition) is 1. The third-order valence-corrected chi connectivity index (χ3v) is 7.30. The van der Waals surface area contributed by atoms with E-state index in [4.69, 9.17) is 0 Å². The van der Waals surface area contributed by atoms with Crippen molar-refractivity contribution in [3.8, 4) is 0 Å². The quantitative estimate of drug-likeness (QED) is 0.690. The van der Waals surface area contributed by atoms with Crippen molar-refractivity contribution < 1.29 is 9.90 Å². The minimum Gasteiger partial charge on any atom is -0.389 e. The van der Waals surface area contributed by atoms with Gasteiger partial charge in [-0.3, -0.25) is 4.79 Å². The van der Waals surface area contributed by atoms with Gasteiger partial charge in [-0.15, -0.1) is 0 Å². The maximum atomic E-state index is 11.8. The third kappa shape index (κ3) is 1.78. The van der Waals surface area contributed by atoms with Crippen LogP contribution in [-0.4, -0.2) is 17.0 Å². The second kappa shape index (κ2) is 4.32. The van der Waals surface area contributed by atoms with Gasteiger partial charge < -0.3 is 5.11 Å². The number of rotatable bonds is 0. The van der Waals surface area contributed by atoms with Gasteiger partial charge in [0, 0.05) is 6.42 Å². The highest BCUT2D eigenvalue weighted by Crippen LogP contribution is 2.63. The highest BCUT2D eigenvalue weighted by Gasteiger charge is 2.57. The number of hydrogen-bond acceptors (Lipinski definition) is 2. The smallest absolute Gasteiger partial charge is 0.155 e. The molecule has 0 aliphatic heterocycles. The fourth-order valence-corrected chi connectivity index (χ4v) is 6.09. The maximum absolute atomic E-state index is 11.8. The molecule has 0 aromatic heterocycles. The van der Waals surface area contributed by atoms with E-state index >= 15 is 0 Å². The van der Waals surface area contributed by atoms with Gasteiger partial charge in [-0.25, -0.2) is 0 Å². The first-order chi connectivity index (χ1) is 9.94. The summed E-state index contributed by atoms with van der Waals surface area (Å²) in [5, 5.41) is 10.7. The van der Waals surface area contributed by atoms with Crippen LogP contribution in [0.25, 0.3) is 0 Å². The molecule has 0 bridgehead atoms. The van der Waals surface area contributed by atoms with Crippen LogP contribution in [0.15, 0.2) is 23.8 Å². The number of aliphatic hydroxyl groups is 1.